The van der Waals surface area contributed by atoms with Crippen molar-refractivity contribution >= 4 is 11.4 Å². The molecule has 0 bridgehead atoms. The summed E-state index contributed by atoms with van der Waals surface area (Å²) in [6.07, 6.45) is 0. The molecule has 5 nitrogen and oxygen atoms in total. The third-order valence-corrected chi connectivity index (χ3v) is 2.60. The molecular formula is C13H21N3O2. The third kappa shape index (κ3) is 4.33. The molecule has 1 aromatic rings. The van der Waals surface area contributed by atoms with E-state index in [-0.39, 0.29) is 16.0 Å². The molecule has 0 aliphatic rings. The van der Waals surface area contributed by atoms with Crippen LogP contribution in [0.4, 0.5) is 11.4 Å². The second-order valence-electron chi connectivity index (χ2n) is 5.53. The van der Waals surface area contributed by atoms with Gasteiger partial charge in [-0.05, 0) is 25.6 Å². The molecule has 0 heterocycles. The van der Waals surface area contributed by atoms with Crippen molar-refractivity contribution in [3.05, 3.63) is 34.4 Å². The number of hydrogen-bond acceptors (Lipinski definition) is 4. The Labute approximate surface area is 108 Å². The average molecular weight is 251 g/mol. The fourth-order valence-corrected chi connectivity index (χ4v) is 2.03. The quantitative estimate of drug-likeness (QED) is 0.623. The number of benzene rings is 1. The van der Waals surface area contributed by atoms with Crippen molar-refractivity contribution in [3.8, 4) is 0 Å². The van der Waals surface area contributed by atoms with Crippen molar-refractivity contribution in [1.29, 1.82) is 0 Å². The SMILES string of the molecule is CN(C)CC(C)(C)CNc1ccccc1[N+](=O)[O-]. The van der Waals surface area contributed by atoms with Gasteiger partial charge >= 0.3 is 0 Å². The lowest BCUT2D eigenvalue weighted by atomic mass is 9.93. The number of nitrogens with one attached hydrogen (secondary N) is 1. The summed E-state index contributed by atoms with van der Waals surface area (Å²) in [5.41, 5.74) is 0.750. The first-order valence-electron chi connectivity index (χ1n) is 5.94. The van der Waals surface area contributed by atoms with E-state index in [1.165, 1.54) is 6.07 Å². The first kappa shape index (κ1) is 14.4. The van der Waals surface area contributed by atoms with Crippen LogP contribution in [0.2, 0.25) is 0 Å². The van der Waals surface area contributed by atoms with Gasteiger partial charge in [-0.2, -0.15) is 0 Å². The molecule has 0 aromatic heterocycles. The zero-order valence-corrected chi connectivity index (χ0v) is 11.4. The van der Waals surface area contributed by atoms with Crippen LogP contribution in [0, 0.1) is 15.5 Å². The molecule has 0 atom stereocenters. The summed E-state index contributed by atoms with van der Waals surface area (Å²) in [4.78, 5) is 12.6. The van der Waals surface area contributed by atoms with Gasteiger partial charge in [-0.3, -0.25) is 10.1 Å². The van der Waals surface area contributed by atoms with Gasteiger partial charge in [0.2, 0.25) is 0 Å². The largest absolute Gasteiger partial charge is 0.379 e. The van der Waals surface area contributed by atoms with Crippen LogP contribution in [-0.4, -0.2) is 37.0 Å². The Morgan fingerprint density at radius 1 is 1.33 bits per heavy atom. The number of anilines is 1. The fourth-order valence-electron chi connectivity index (χ4n) is 2.03. The zero-order valence-electron chi connectivity index (χ0n) is 11.4. The van der Waals surface area contributed by atoms with Crippen LogP contribution in [0.25, 0.3) is 0 Å². The first-order valence-corrected chi connectivity index (χ1v) is 5.94. The maximum atomic E-state index is 10.9. The highest BCUT2D eigenvalue weighted by molar-refractivity contribution is 5.61. The lowest BCUT2D eigenvalue weighted by molar-refractivity contribution is -0.384. The van der Waals surface area contributed by atoms with Gasteiger partial charge in [0.05, 0.1) is 4.92 Å². The maximum absolute atomic E-state index is 10.9. The summed E-state index contributed by atoms with van der Waals surface area (Å²) in [7, 11) is 4.04. The molecule has 1 rings (SSSR count). The van der Waals surface area contributed by atoms with E-state index in [4.69, 9.17) is 0 Å². The van der Waals surface area contributed by atoms with E-state index in [1.54, 1.807) is 18.2 Å². The maximum Gasteiger partial charge on any atom is 0.292 e. The molecule has 100 valence electrons. The van der Waals surface area contributed by atoms with E-state index in [9.17, 15) is 10.1 Å². The Hall–Kier alpha value is -1.62. The predicted molar refractivity (Wildman–Crippen MR) is 73.9 cm³/mol. The Morgan fingerprint density at radius 3 is 2.50 bits per heavy atom. The number of nitrogens with zero attached hydrogens (tertiary/aromatic N) is 2. The smallest absolute Gasteiger partial charge is 0.292 e. The fraction of sp³-hybridized carbons (Fsp3) is 0.538. The number of rotatable bonds is 6. The molecule has 0 saturated carbocycles. The minimum Gasteiger partial charge on any atom is -0.379 e. The van der Waals surface area contributed by atoms with E-state index >= 15 is 0 Å². The van der Waals surface area contributed by atoms with Crippen molar-refractivity contribution in [2.75, 3.05) is 32.5 Å². The highest BCUT2D eigenvalue weighted by Gasteiger charge is 2.20. The molecule has 1 aromatic carbocycles. The molecule has 18 heavy (non-hydrogen) atoms. The highest BCUT2D eigenvalue weighted by Crippen LogP contribution is 2.25. The summed E-state index contributed by atoms with van der Waals surface area (Å²) in [5, 5.41) is 14.1. The molecule has 0 spiro atoms. The number of hydrogen-bond donors (Lipinski definition) is 1. The van der Waals surface area contributed by atoms with Gasteiger partial charge in [-0.15, -0.1) is 0 Å². The summed E-state index contributed by atoms with van der Waals surface area (Å²) in [5.74, 6) is 0. The molecule has 5 heteroatoms. The molecule has 0 aliphatic heterocycles. The topological polar surface area (TPSA) is 58.4 Å². The normalized spacial score (nSPS) is 11.6. The van der Waals surface area contributed by atoms with E-state index in [0.29, 0.717) is 12.2 Å². The van der Waals surface area contributed by atoms with Gasteiger partial charge in [-0.25, -0.2) is 0 Å². The van der Waals surface area contributed by atoms with Crippen LogP contribution >= 0.6 is 0 Å². The van der Waals surface area contributed by atoms with E-state index in [1.807, 2.05) is 14.1 Å². The molecule has 0 fully saturated rings. The Morgan fingerprint density at radius 2 is 1.94 bits per heavy atom. The van der Waals surface area contributed by atoms with Crippen molar-refractivity contribution in [3.63, 3.8) is 0 Å². The van der Waals surface area contributed by atoms with Crippen molar-refractivity contribution in [2.45, 2.75) is 13.8 Å². The van der Waals surface area contributed by atoms with E-state index < -0.39 is 0 Å². The number of para-hydroxylation sites is 2. The van der Waals surface area contributed by atoms with Crippen LogP contribution < -0.4 is 5.32 Å². The predicted octanol–water partition coefficient (Wildman–Crippen LogP) is 2.59. The minimum atomic E-state index is -0.360. The molecule has 0 radical (unpaired) electrons. The summed E-state index contributed by atoms with van der Waals surface area (Å²) < 4.78 is 0. The second-order valence-corrected chi connectivity index (χ2v) is 5.53. The van der Waals surface area contributed by atoms with Gasteiger partial charge in [0.15, 0.2) is 0 Å². The highest BCUT2D eigenvalue weighted by atomic mass is 16.6. The van der Waals surface area contributed by atoms with Crippen LogP contribution in [-0.2, 0) is 0 Å². The summed E-state index contributed by atoms with van der Waals surface area (Å²) in [6.45, 7) is 5.88. The van der Waals surface area contributed by atoms with E-state index in [0.717, 1.165) is 6.54 Å². The first-order chi connectivity index (χ1) is 8.32. The van der Waals surface area contributed by atoms with Gasteiger partial charge in [0, 0.05) is 19.2 Å². The van der Waals surface area contributed by atoms with Gasteiger partial charge < -0.3 is 10.2 Å². The Kier molecular flexibility index (Phi) is 4.67. The van der Waals surface area contributed by atoms with Crippen LogP contribution in [0.1, 0.15) is 13.8 Å². The molecular weight excluding hydrogens is 230 g/mol. The monoisotopic (exact) mass is 251 g/mol. The van der Waals surface area contributed by atoms with Gasteiger partial charge in [-0.1, -0.05) is 26.0 Å². The van der Waals surface area contributed by atoms with Crippen LogP contribution in [0.5, 0.6) is 0 Å². The molecule has 0 saturated heterocycles. The molecule has 1 N–H and O–H groups in total. The van der Waals surface area contributed by atoms with Gasteiger partial charge in [0.25, 0.3) is 5.69 Å². The Bertz CT molecular complexity index is 416. The molecule has 0 amide bonds. The number of nitro groups is 1. The van der Waals surface area contributed by atoms with Crippen molar-refractivity contribution < 1.29 is 4.92 Å². The van der Waals surface area contributed by atoms with Crippen LogP contribution in [0.3, 0.4) is 0 Å². The summed E-state index contributed by atoms with van der Waals surface area (Å²) >= 11 is 0. The van der Waals surface area contributed by atoms with E-state index in [2.05, 4.69) is 24.1 Å². The summed E-state index contributed by atoms with van der Waals surface area (Å²) in [6, 6.07) is 6.73. The minimum absolute atomic E-state index is 0.0488. The standard InChI is InChI=1S/C13H21N3O2/c1-13(2,10-15(3)4)9-14-11-7-5-6-8-12(11)16(17)18/h5-8,14H,9-10H2,1-4H3. The van der Waals surface area contributed by atoms with Gasteiger partial charge in [0.1, 0.15) is 5.69 Å². The van der Waals surface area contributed by atoms with Crippen molar-refractivity contribution in [2.24, 2.45) is 5.41 Å². The third-order valence-electron chi connectivity index (χ3n) is 2.60. The number of nitro benzene ring substituents is 1. The lowest BCUT2D eigenvalue weighted by Crippen LogP contribution is -2.34. The molecule has 0 aliphatic carbocycles. The average Bonchev–Trinajstić information content (AvgIpc) is 2.25. The lowest BCUT2D eigenvalue weighted by Gasteiger charge is -2.28. The van der Waals surface area contributed by atoms with Crippen LogP contribution in [0.15, 0.2) is 24.3 Å². The second kappa shape index (κ2) is 5.82. The Balaban J connectivity index is 2.71. The van der Waals surface area contributed by atoms with Crippen molar-refractivity contribution in [1.82, 2.24) is 4.90 Å². The zero-order chi connectivity index (χ0) is 13.8. The molecule has 0 unspecified atom stereocenters.